The summed E-state index contributed by atoms with van der Waals surface area (Å²) in [6.07, 6.45) is 2.37. The van der Waals surface area contributed by atoms with Crippen LogP contribution in [0.2, 0.25) is 0 Å². The normalized spacial score (nSPS) is 20.4. The van der Waals surface area contributed by atoms with Gasteiger partial charge in [0.05, 0.1) is 6.54 Å². The fourth-order valence-electron chi connectivity index (χ4n) is 2.18. The van der Waals surface area contributed by atoms with Gasteiger partial charge in [0.15, 0.2) is 0 Å². The second-order valence-corrected chi connectivity index (χ2v) is 4.61. The Hall–Kier alpha value is -1.35. The van der Waals surface area contributed by atoms with Crippen LogP contribution in [0.4, 0.5) is 0 Å². The molecule has 1 aliphatic heterocycles. The summed E-state index contributed by atoms with van der Waals surface area (Å²) >= 11 is 0. The van der Waals surface area contributed by atoms with Crippen LogP contribution in [0.1, 0.15) is 25.3 Å². The third kappa shape index (κ3) is 3.56. The molecule has 0 aromatic heterocycles. The van der Waals surface area contributed by atoms with Gasteiger partial charge in [-0.25, -0.2) is 0 Å². The summed E-state index contributed by atoms with van der Waals surface area (Å²) < 4.78 is 5.26. The highest BCUT2D eigenvalue weighted by atomic mass is 16.5. The number of carbonyl (C=O) groups excluding carboxylic acids is 1. The van der Waals surface area contributed by atoms with E-state index in [0.29, 0.717) is 19.2 Å². The van der Waals surface area contributed by atoms with Crippen molar-refractivity contribution in [2.75, 3.05) is 13.1 Å². The van der Waals surface area contributed by atoms with Crippen LogP contribution in [-0.2, 0) is 16.1 Å². The van der Waals surface area contributed by atoms with E-state index in [2.05, 4.69) is 11.8 Å². The third-order valence-corrected chi connectivity index (χ3v) is 3.27. The zero-order valence-corrected chi connectivity index (χ0v) is 10.3. The van der Waals surface area contributed by atoms with E-state index in [-0.39, 0.29) is 5.97 Å². The highest BCUT2D eigenvalue weighted by Crippen LogP contribution is 2.15. The van der Waals surface area contributed by atoms with Crippen LogP contribution in [-0.4, -0.2) is 30.0 Å². The zero-order valence-electron chi connectivity index (χ0n) is 10.3. The molecule has 0 bridgehead atoms. The average Bonchev–Trinajstić information content (AvgIpc) is 2.74. The Morgan fingerprint density at radius 2 is 2.18 bits per heavy atom. The van der Waals surface area contributed by atoms with Gasteiger partial charge >= 0.3 is 5.97 Å². The minimum absolute atomic E-state index is 0.123. The van der Waals surface area contributed by atoms with E-state index in [4.69, 9.17) is 4.74 Å². The van der Waals surface area contributed by atoms with Gasteiger partial charge in [0, 0.05) is 6.04 Å². The molecular weight excluding hydrogens is 214 g/mol. The maximum Gasteiger partial charge on any atom is 0.320 e. The van der Waals surface area contributed by atoms with Gasteiger partial charge < -0.3 is 4.74 Å². The van der Waals surface area contributed by atoms with Crippen molar-refractivity contribution in [1.82, 2.24) is 4.90 Å². The van der Waals surface area contributed by atoms with Crippen LogP contribution in [0.3, 0.4) is 0 Å². The summed E-state index contributed by atoms with van der Waals surface area (Å²) in [5, 5.41) is 0. The van der Waals surface area contributed by atoms with E-state index in [1.54, 1.807) is 0 Å². The lowest BCUT2D eigenvalue weighted by Crippen LogP contribution is -2.33. The summed E-state index contributed by atoms with van der Waals surface area (Å²) in [7, 11) is 0. The molecular formula is C14H19NO2. The Morgan fingerprint density at radius 1 is 1.41 bits per heavy atom. The van der Waals surface area contributed by atoms with Crippen molar-refractivity contribution in [2.45, 2.75) is 32.4 Å². The first kappa shape index (κ1) is 12.1. The smallest absolute Gasteiger partial charge is 0.320 e. The summed E-state index contributed by atoms with van der Waals surface area (Å²) in [4.78, 5) is 13.8. The fourth-order valence-corrected chi connectivity index (χ4v) is 2.18. The van der Waals surface area contributed by atoms with Crippen molar-refractivity contribution in [1.29, 1.82) is 0 Å². The molecule has 1 aromatic carbocycles. The molecule has 1 fully saturated rings. The van der Waals surface area contributed by atoms with Crippen LogP contribution in [0.15, 0.2) is 30.3 Å². The van der Waals surface area contributed by atoms with E-state index >= 15 is 0 Å². The molecule has 1 aliphatic rings. The average molecular weight is 233 g/mol. The monoisotopic (exact) mass is 233 g/mol. The third-order valence-electron chi connectivity index (χ3n) is 3.27. The maximum absolute atomic E-state index is 11.7. The predicted octanol–water partition coefficient (Wildman–Crippen LogP) is 2.21. The van der Waals surface area contributed by atoms with Gasteiger partial charge in [0.1, 0.15) is 6.61 Å². The van der Waals surface area contributed by atoms with Crippen molar-refractivity contribution >= 4 is 5.97 Å². The molecule has 3 heteroatoms. The maximum atomic E-state index is 11.7. The van der Waals surface area contributed by atoms with E-state index < -0.39 is 0 Å². The predicted molar refractivity (Wildman–Crippen MR) is 66.5 cm³/mol. The van der Waals surface area contributed by atoms with E-state index in [1.807, 2.05) is 30.3 Å². The van der Waals surface area contributed by atoms with Crippen molar-refractivity contribution in [2.24, 2.45) is 0 Å². The minimum atomic E-state index is -0.123. The van der Waals surface area contributed by atoms with E-state index in [1.165, 1.54) is 12.8 Å². The number of esters is 1. The number of carbonyl (C=O) groups is 1. The molecule has 0 spiro atoms. The van der Waals surface area contributed by atoms with E-state index in [0.717, 1.165) is 12.1 Å². The molecule has 1 saturated heterocycles. The fraction of sp³-hybridized carbons (Fsp3) is 0.500. The Bertz CT molecular complexity index is 364. The standard InChI is InChI=1S/C14H19NO2/c1-12-6-5-9-15(12)10-14(16)17-11-13-7-3-2-4-8-13/h2-4,7-8,12H,5-6,9-11H2,1H3. The molecule has 0 saturated carbocycles. The molecule has 0 aliphatic carbocycles. The van der Waals surface area contributed by atoms with Gasteiger partial charge in [0.25, 0.3) is 0 Å². The van der Waals surface area contributed by atoms with Crippen molar-refractivity contribution < 1.29 is 9.53 Å². The highest BCUT2D eigenvalue weighted by Gasteiger charge is 2.22. The first-order valence-corrected chi connectivity index (χ1v) is 6.19. The molecule has 92 valence electrons. The molecule has 2 rings (SSSR count). The Kier molecular flexibility index (Phi) is 4.15. The van der Waals surface area contributed by atoms with E-state index in [9.17, 15) is 4.79 Å². The SMILES string of the molecule is CC1CCCN1CC(=O)OCc1ccccc1. The number of hydrogen-bond donors (Lipinski definition) is 0. The van der Waals surface area contributed by atoms with Gasteiger partial charge in [-0.05, 0) is 31.9 Å². The molecule has 0 N–H and O–H groups in total. The highest BCUT2D eigenvalue weighted by molar-refractivity contribution is 5.71. The second kappa shape index (κ2) is 5.82. The molecule has 3 nitrogen and oxygen atoms in total. The van der Waals surface area contributed by atoms with Gasteiger partial charge in [0.2, 0.25) is 0 Å². The second-order valence-electron chi connectivity index (χ2n) is 4.61. The Morgan fingerprint density at radius 3 is 2.82 bits per heavy atom. The molecule has 0 amide bonds. The number of likely N-dealkylation sites (tertiary alicyclic amines) is 1. The lowest BCUT2D eigenvalue weighted by atomic mass is 10.2. The van der Waals surface area contributed by atoms with Gasteiger partial charge in [-0.3, -0.25) is 9.69 Å². The minimum Gasteiger partial charge on any atom is -0.460 e. The largest absolute Gasteiger partial charge is 0.460 e. The zero-order chi connectivity index (χ0) is 12.1. The van der Waals surface area contributed by atoms with Gasteiger partial charge in [-0.1, -0.05) is 30.3 Å². The quantitative estimate of drug-likeness (QED) is 0.747. The Balaban J connectivity index is 1.74. The van der Waals surface area contributed by atoms with Crippen LogP contribution in [0.25, 0.3) is 0 Å². The first-order chi connectivity index (χ1) is 8.25. The van der Waals surface area contributed by atoms with Gasteiger partial charge in [-0.2, -0.15) is 0 Å². The van der Waals surface area contributed by atoms with Crippen molar-refractivity contribution in [3.8, 4) is 0 Å². The topological polar surface area (TPSA) is 29.5 Å². The summed E-state index contributed by atoms with van der Waals surface area (Å²) in [6.45, 7) is 3.98. The lowest BCUT2D eigenvalue weighted by Gasteiger charge is -2.19. The number of ether oxygens (including phenoxy) is 1. The molecule has 1 unspecified atom stereocenters. The molecule has 1 aromatic rings. The molecule has 17 heavy (non-hydrogen) atoms. The number of hydrogen-bond acceptors (Lipinski definition) is 3. The molecule has 1 heterocycles. The van der Waals surface area contributed by atoms with Crippen molar-refractivity contribution in [3.63, 3.8) is 0 Å². The van der Waals surface area contributed by atoms with Crippen LogP contribution < -0.4 is 0 Å². The molecule has 1 atom stereocenters. The number of rotatable bonds is 4. The van der Waals surface area contributed by atoms with Gasteiger partial charge in [-0.15, -0.1) is 0 Å². The first-order valence-electron chi connectivity index (χ1n) is 6.19. The van der Waals surface area contributed by atoms with Crippen molar-refractivity contribution in [3.05, 3.63) is 35.9 Å². The van der Waals surface area contributed by atoms with Crippen LogP contribution >= 0.6 is 0 Å². The summed E-state index contributed by atoms with van der Waals surface area (Å²) in [5.41, 5.74) is 1.04. The number of benzene rings is 1. The Labute approximate surface area is 102 Å². The lowest BCUT2D eigenvalue weighted by molar-refractivity contribution is -0.146. The summed E-state index contributed by atoms with van der Waals surface area (Å²) in [5.74, 6) is -0.123. The summed E-state index contributed by atoms with van der Waals surface area (Å²) in [6, 6.07) is 10.3. The number of nitrogens with zero attached hydrogens (tertiary/aromatic N) is 1. The van der Waals surface area contributed by atoms with Crippen LogP contribution in [0.5, 0.6) is 0 Å². The molecule has 0 radical (unpaired) electrons. The van der Waals surface area contributed by atoms with Crippen LogP contribution in [0, 0.1) is 0 Å².